The summed E-state index contributed by atoms with van der Waals surface area (Å²) in [6.07, 6.45) is -25.1. The molecule has 0 amide bonds. The zero-order chi connectivity index (χ0) is 25.3. The van der Waals surface area contributed by atoms with Crippen molar-refractivity contribution in [1.82, 2.24) is 0 Å². The molecular weight excluding hydrogens is 472 g/mol. The van der Waals surface area contributed by atoms with Gasteiger partial charge < -0.3 is 79.9 Å². The van der Waals surface area contributed by atoms with E-state index in [-0.39, 0.29) is 0 Å². The van der Waals surface area contributed by atoms with E-state index in [0.29, 0.717) is 0 Å². The average molecular weight is 504 g/mol. The van der Waals surface area contributed by atoms with Gasteiger partial charge in [-0.3, -0.25) is 0 Å². The van der Waals surface area contributed by atoms with Gasteiger partial charge in [0, 0.05) is 0 Å². The van der Waals surface area contributed by atoms with Crippen LogP contribution >= 0.6 is 0 Å². The summed E-state index contributed by atoms with van der Waals surface area (Å²) in [6, 6.07) is 0. The zero-order valence-corrected chi connectivity index (χ0v) is 17.7. The molecule has 16 heteroatoms. The fraction of sp³-hybridized carbons (Fsp3) is 1.00. The van der Waals surface area contributed by atoms with Crippen LogP contribution < -0.4 is 0 Å². The molecule has 15 atom stereocenters. The number of aliphatic hydroxyl groups is 11. The number of aliphatic hydroxyl groups excluding tert-OH is 11. The molecule has 3 rings (SSSR count). The van der Waals surface area contributed by atoms with Crippen molar-refractivity contribution in [3.63, 3.8) is 0 Å². The summed E-state index contributed by atoms with van der Waals surface area (Å²) in [5, 5.41) is 109. The topological polar surface area (TPSA) is 269 Å². The molecule has 0 aromatic carbocycles. The van der Waals surface area contributed by atoms with E-state index in [0.717, 1.165) is 0 Å². The lowest BCUT2D eigenvalue weighted by molar-refractivity contribution is -0.377. The van der Waals surface area contributed by atoms with Gasteiger partial charge in [-0.2, -0.15) is 0 Å². The Hall–Kier alpha value is -0.640. The van der Waals surface area contributed by atoms with E-state index in [1.165, 1.54) is 0 Å². The van der Waals surface area contributed by atoms with Crippen LogP contribution in [0.25, 0.3) is 0 Å². The van der Waals surface area contributed by atoms with Crippen LogP contribution in [0.4, 0.5) is 0 Å². The van der Waals surface area contributed by atoms with Crippen LogP contribution in [0.3, 0.4) is 0 Å². The minimum atomic E-state index is -1.91. The molecular formula is C18H32O16. The van der Waals surface area contributed by atoms with Crippen LogP contribution in [-0.4, -0.2) is 168 Å². The summed E-state index contributed by atoms with van der Waals surface area (Å²) in [6.45, 7) is -2.32. The van der Waals surface area contributed by atoms with Crippen LogP contribution in [0, 0.1) is 0 Å². The van der Waals surface area contributed by atoms with Gasteiger partial charge in [0.05, 0.1) is 19.8 Å². The summed E-state index contributed by atoms with van der Waals surface area (Å²) in [5.74, 6) is 0. The molecule has 0 aromatic heterocycles. The smallest absolute Gasteiger partial charge is 0.187 e. The summed E-state index contributed by atoms with van der Waals surface area (Å²) in [7, 11) is 0. The van der Waals surface area contributed by atoms with Gasteiger partial charge in [0.25, 0.3) is 0 Å². The fourth-order valence-corrected chi connectivity index (χ4v) is 4.06. The van der Waals surface area contributed by atoms with Gasteiger partial charge in [0.2, 0.25) is 0 Å². The van der Waals surface area contributed by atoms with Crippen molar-refractivity contribution >= 4 is 0 Å². The predicted molar refractivity (Wildman–Crippen MR) is 101 cm³/mol. The van der Waals surface area contributed by atoms with Crippen LogP contribution in [0.1, 0.15) is 0 Å². The molecule has 3 heterocycles. The maximum Gasteiger partial charge on any atom is 0.187 e. The van der Waals surface area contributed by atoms with Gasteiger partial charge in [-0.15, -0.1) is 0 Å². The van der Waals surface area contributed by atoms with E-state index >= 15 is 0 Å². The number of rotatable bonds is 7. The van der Waals surface area contributed by atoms with E-state index in [2.05, 4.69) is 0 Å². The Kier molecular flexibility index (Phi) is 9.54. The van der Waals surface area contributed by atoms with Crippen molar-refractivity contribution < 1.29 is 79.9 Å². The Morgan fingerprint density at radius 1 is 0.441 bits per heavy atom. The van der Waals surface area contributed by atoms with Crippen LogP contribution in [-0.2, 0) is 23.7 Å². The van der Waals surface area contributed by atoms with Crippen molar-refractivity contribution in [2.24, 2.45) is 0 Å². The molecule has 3 aliphatic heterocycles. The number of hydrogen-bond acceptors (Lipinski definition) is 16. The van der Waals surface area contributed by atoms with Gasteiger partial charge in [0.15, 0.2) is 18.9 Å². The molecule has 3 fully saturated rings. The minimum Gasteiger partial charge on any atom is -0.394 e. The Labute approximate surface area is 192 Å². The van der Waals surface area contributed by atoms with Crippen molar-refractivity contribution in [3.8, 4) is 0 Å². The molecule has 3 saturated heterocycles. The molecule has 0 saturated carbocycles. The third-order valence-corrected chi connectivity index (χ3v) is 6.09. The molecule has 0 unspecified atom stereocenters. The van der Waals surface area contributed by atoms with Gasteiger partial charge >= 0.3 is 0 Å². The second-order valence-electron chi connectivity index (χ2n) is 8.33. The summed E-state index contributed by atoms with van der Waals surface area (Å²) in [5.41, 5.74) is 0. The van der Waals surface area contributed by atoms with E-state index in [1.54, 1.807) is 0 Å². The first-order valence-electron chi connectivity index (χ1n) is 10.6. The van der Waals surface area contributed by atoms with E-state index < -0.39 is 112 Å². The Balaban J connectivity index is 1.72. The van der Waals surface area contributed by atoms with Crippen molar-refractivity contribution in [1.29, 1.82) is 0 Å². The normalized spacial score (nSPS) is 52.5. The average Bonchev–Trinajstić information content (AvgIpc) is 2.83. The molecule has 11 N–H and O–H groups in total. The molecule has 0 bridgehead atoms. The Bertz CT molecular complexity index is 635. The summed E-state index contributed by atoms with van der Waals surface area (Å²) < 4.78 is 26.4. The molecule has 34 heavy (non-hydrogen) atoms. The standard InChI is InChI=1S/C18H32O16/c19-1-4-7(22)8(23)12(27)17(31-4)34-15-6(3-21)32-18(13(28)10(15)25)33-14-5(2-20)30-16(29)11(26)9(14)24/h4-29H,1-3H2/t4-,5+,6+,7+,8-,9+,10+,11-,12-,13-,14+,15+,16+,17-,18-/m0/s1. The first kappa shape index (κ1) is 27.9. The molecule has 0 aromatic rings. The first-order chi connectivity index (χ1) is 16.0. The minimum absolute atomic E-state index is 0.741. The zero-order valence-electron chi connectivity index (χ0n) is 17.7. The lowest BCUT2D eigenvalue weighted by atomic mass is 9.96. The predicted octanol–water partition coefficient (Wildman–Crippen LogP) is -7.57. The van der Waals surface area contributed by atoms with Gasteiger partial charge in [-0.25, -0.2) is 0 Å². The Morgan fingerprint density at radius 2 is 0.853 bits per heavy atom. The molecule has 0 radical (unpaired) electrons. The summed E-state index contributed by atoms with van der Waals surface area (Å²) >= 11 is 0. The monoisotopic (exact) mass is 504 g/mol. The second-order valence-corrected chi connectivity index (χ2v) is 8.33. The second kappa shape index (κ2) is 11.6. The highest BCUT2D eigenvalue weighted by Gasteiger charge is 2.53. The maximum absolute atomic E-state index is 10.6. The van der Waals surface area contributed by atoms with Crippen LogP contribution in [0.2, 0.25) is 0 Å². The van der Waals surface area contributed by atoms with Gasteiger partial charge in [0.1, 0.15) is 73.2 Å². The lowest BCUT2D eigenvalue weighted by Gasteiger charge is -2.47. The maximum atomic E-state index is 10.6. The third kappa shape index (κ3) is 5.37. The molecule has 0 aliphatic carbocycles. The molecule has 16 nitrogen and oxygen atoms in total. The largest absolute Gasteiger partial charge is 0.394 e. The lowest BCUT2D eigenvalue weighted by Crippen LogP contribution is -2.66. The highest BCUT2D eigenvalue weighted by Crippen LogP contribution is 2.32. The van der Waals surface area contributed by atoms with Crippen LogP contribution in [0.15, 0.2) is 0 Å². The first-order valence-corrected chi connectivity index (χ1v) is 10.6. The van der Waals surface area contributed by atoms with Crippen molar-refractivity contribution in [2.75, 3.05) is 19.8 Å². The molecule has 0 spiro atoms. The highest BCUT2D eigenvalue weighted by atomic mass is 16.8. The van der Waals surface area contributed by atoms with Crippen LogP contribution in [0.5, 0.6) is 0 Å². The third-order valence-electron chi connectivity index (χ3n) is 6.09. The summed E-state index contributed by atoms with van der Waals surface area (Å²) in [4.78, 5) is 0. The van der Waals surface area contributed by atoms with Gasteiger partial charge in [-0.1, -0.05) is 0 Å². The fourth-order valence-electron chi connectivity index (χ4n) is 4.06. The SMILES string of the molecule is OC[C@@H]1O[C@@H](O[C@H]2[C@H](O)[C@H](O)[C@H](O[C@H]3[C@H](O)[C@H](O)[C@H](O)O[C@@H]3CO)O[C@@H]2CO)[C@@H](O)[C@@H](O)[C@@H]1O. The number of ether oxygens (including phenoxy) is 5. The van der Waals surface area contributed by atoms with Gasteiger partial charge in [-0.05, 0) is 0 Å². The molecule has 200 valence electrons. The quantitative estimate of drug-likeness (QED) is 0.154. The highest BCUT2D eigenvalue weighted by molar-refractivity contribution is 4.96. The van der Waals surface area contributed by atoms with E-state index in [9.17, 15) is 56.2 Å². The van der Waals surface area contributed by atoms with E-state index in [1.807, 2.05) is 0 Å². The van der Waals surface area contributed by atoms with E-state index in [4.69, 9.17) is 23.7 Å². The molecule has 3 aliphatic rings. The number of hydrogen-bond donors (Lipinski definition) is 11. The Morgan fingerprint density at radius 3 is 1.35 bits per heavy atom. The van der Waals surface area contributed by atoms with Crippen molar-refractivity contribution in [3.05, 3.63) is 0 Å². The van der Waals surface area contributed by atoms with Crippen molar-refractivity contribution in [2.45, 2.75) is 92.1 Å².